The van der Waals surface area contributed by atoms with E-state index in [1.807, 2.05) is 31.3 Å². The molecule has 1 heterocycles. The van der Waals surface area contributed by atoms with Crippen LogP contribution in [-0.4, -0.2) is 35.9 Å². The third-order valence-electron chi connectivity index (χ3n) is 4.94. The Kier molecular flexibility index (Phi) is 7.08. The van der Waals surface area contributed by atoms with E-state index in [4.69, 9.17) is 4.74 Å². The average Bonchev–Trinajstić information content (AvgIpc) is 2.56. The lowest BCUT2D eigenvalue weighted by atomic mass is 9.80. The van der Waals surface area contributed by atoms with Crippen molar-refractivity contribution in [2.45, 2.75) is 59.5 Å². The lowest BCUT2D eigenvalue weighted by Gasteiger charge is -2.31. The van der Waals surface area contributed by atoms with Crippen molar-refractivity contribution in [3.05, 3.63) is 16.2 Å². The van der Waals surface area contributed by atoms with Crippen LogP contribution in [0.15, 0.2) is 15.5 Å². The molecule has 0 N–H and O–H groups in total. The van der Waals surface area contributed by atoms with Crippen LogP contribution in [0.1, 0.15) is 52.1 Å². The molecule has 5 heteroatoms. The number of nitrogens with zero attached hydrogens (tertiary/aromatic N) is 3. The number of hydrogen-bond acceptors (Lipinski definition) is 3. The van der Waals surface area contributed by atoms with Crippen molar-refractivity contribution in [1.29, 1.82) is 0 Å². The normalized spacial score (nSPS) is 21.5. The zero-order valence-electron chi connectivity index (χ0n) is 15.6. The highest BCUT2D eigenvalue weighted by atomic mass is 79.9. The van der Waals surface area contributed by atoms with Crippen molar-refractivity contribution >= 4 is 28.0 Å². The summed E-state index contributed by atoms with van der Waals surface area (Å²) in [5.41, 5.74) is 1.77. The second kappa shape index (κ2) is 8.84. The Bertz CT molecular complexity index is 566. The highest BCUT2D eigenvalue weighted by molar-refractivity contribution is 9.10. The molecule has 1 aromatic rings. The Morgan fingerprint density at radius 1 is 1.38 bits per heavy atom. The van der Waals surface area contributed by atoms with E-state index in [9.17, 15) is 0 Å². The maximum absolute atomic E-state index is 6.18. The van der Waals surface area contributed by atoms with Crippen LogP contribution in [0.4, 0.5) is 5.69 Å². The Morgan fingerprint density at radius 2 is 2.04 bits per heavy atom. The molecule has 0 amide bonds. The first-order valence-electron chi connectivity index (χ1n) is 8.98. The van der Waals surface area contributed by atoms with E-state index in [1.54, 1.807) is 0 Å². The molecule has 0 spiro atoms. The third kappa shape index (κ3) is 5.20. The van der Waals surface area contributed by atoms with Gasteiger partial charge in [0.15, 0.2) is 0 Å². The third-order valence-corrected chi connectivity index (χ3v) is 5.51. The number of halogens is 1. The van der Waals surface area contributed by atoms with Gasteiger partial charge in [0.2, 0.25) is 5.88 Å². The summed E-state index contributed by atoms with van der Waals surface area (Å²) in [7, 11) is 2.01. The Hall–Kier alpha value is -1.10. The van der Waals surface area contributed by atoms with Crippen LogP contribution in [0.25, 0.3) is 0 Å². The average molecular weight is 396 g/mol. The van der Waals surface area contributed by atoms with Crippen molar-refractivity contribution in [1.82, 2.24) is 9.88 Å². The minimum atomic E-state index is 0.281. The van der Waals surface area contributed by atoms with Gasteiger partial charge in [0.1, 0.15) is 6.10 Å². The molecule has 2 rings (SSSR count). The molecule has 0 atom stereocenters. The Labute approximate surface area is 154 Å². The lowest BCUT2D eigenvalue weighted by Crippen LogP contribution is -2.26. The second-order valence-corrected chi connectivity index (χ2v) is 7.95. The van der Waals surface area contributed by atoms with E-state index in [2.05, 4.69) is 46.7 Å². The first-order valence-corrected chi connectivity index (χ1v) is 9.78. The molecule has 1 aliphatic carbocycles. The van der Waals surface area contributed by atoms with Crippen LogP contribution in [0, 0.1) is 18.8 Å². The highest BCUT2D eigenvalue weighted by Gasteiger charge is 2.25. The monoisotopic (exact) mass is 395 g/mol. The number of aromatic nitrogens is 1. The van der Waals surface area contributed by atoms with E-state index < -0.39 is 0 Å². The van der Waals surface area contributed by atoms with Gasteiger partial charge in [0.25, 0.3) is 0 Å². The number of rotatable bonds is 6. The molecule has 0 unspecified atom stereocenters. The largest absolute Gasteiger partial charge is 0.474 e. The summed E-state index contributed by atoms with van der Waals surface area (Å²) < 4.78 is 7.06. The highest BCUT2D eigenvalue weighted by Crippen LogP contribution is 2.35. The zero-order valence-corrected chi connectivity index (χ0v) is 17.1. The van der Waals surface area contributed by atoms with Crippen LogP contribution in [-0.2, 0) is 0 Å². The fourth-order valence-corrected chi connectivity index (χ4v) is 3.43. The van der Waals surface area contributed by atoms with E-state index in [0.717, 1.165) is 47.1 Å². The van der Waals surface area contributed by atoms with Gasteiger partial charge in [-0.25, -0.2) is 9.98 Å². The summed E-state index contributed by atoms with van der Waals surface area (Å²) >= 11 is 3.59. The molecule has 0 radical (unpaired) electrons. The summed E-state index contributed by atoms with van der Waals surface area (Å²) in [6.45, 7) is 9.65. The molecule has 1 fully saturated rings. The summed E-state index contributed by atoms with van der Waals surface area (Å²) in [6.07, 6.45) is 6.87. The van der Waals surface area contributed by atoms with Crippen LogP contribution in [0.5, 0.6) is 5.88 Å². The van der Waals surface area contributed by atoms with Crippen molar-refractivity contribution in [3.8, 4) is 5.88 Å². The first kappa shape index (κ1) is 19.2. The molecule has 0 aliphatic heterocycles. The minimum absolute atomic E-state index is 0.281. The predicted molar refractivity (Wildman–Crippen MR) is 104 cm³/mol. The van der Waals surface area contributed by atoms with Crippen molar-refractivity contribution in [2.75, 3.05) is 13.6 Å². The SMILES string of the molecule is CCN(C)/C=N/c1cc(Br)c(O[C@H]2CC[C@H](C(C)C)CC2)nc1C. The molecule has 1 aliphatic rings. The first-order chi connectivity index (χ1) is 11.4. The van der Waals surface area contributed by atoms with E-state index in [1.165, 1.54) is 12.8 Å². The number of pyridine rings is 1. The van der Waals surface area contributed by atoms with Crippen molar-refractivity contribution in [2.24, 2.45) is 16.8 Å². The smallest absolute Gasteiger partial charge is 0.228 e. The molecule has 1 aromatic heterocycles. The van der Waals surface area contributed by atoms with Gasteiger partial charge < -0.3 is 9.64 Å². The lowest BCUT2D eigenvalue weighted by molar-refractivity contribution is 0.111. The van der Waals surface area contributed by atoms with Gasteiger partial charge in [-0.1, -0.05) is 13.8 Å². The van der Waals surface area contributed by atoms with Gasteiger partial charge in [-0.3, -0.25) is 0 Å². The zero-order chi connectivity index (χ0) is 17.7. The molecule has 24 heavy (non-hydrogen) atoms. The number of aryl methyl sites for hydroxylation is 1. The second-order valence-electron chi connectivity index (χ2n) is 7.10. The van der Waals surface area contributed by atoms with Gasteiger partial charge >= 0.3 is 0 Å². The Morgan fingerprint density at radius 3 is 2.62 bits per heavy atom. The molecule has 0 saturated heterocycles. The molecule has 4 nitrogen and oxygen atoms in total. The van der Waals surface area contributed by atoms with E-state index >= 15 is 0 Å². The van der Waals surface area contributed by atoms with Crippen molar-refractivity contribution in [3.63, 3.8) is 0 Å². The summed E-state index contributed by atoms with van der Waals surface area (Å²) in [4.78, 5) is 11.2. The van der Waals surface area contributed by atoms with E-state index in [-0.39, 0.29) is 6.10 Å². The van der Waals surface area contributed by atoms with Crippen LogP contribution in [0.2, 0.25) is 0 Å². The van der Waals surface area contributed by atoms with Crippen molar-refractivity contribution < 1.29 is 4.74 Å². The summed E-state index contributed by atoms with van der Waals surface area (Å²) in [5, 5.41) is 0. The standard InChI is InChI=1S/C19H30BrN3O/c1-6-23(5)12-21-18-11-17(20)19(22-14(18)4)24-16-9-7-15(8-10-16)13(2)3/h11-13,15-16H,6-10H2,1-5H3/b21-12+/t15-,16-. The topological polar surface area (TPSA) is 37.7 Å². The van der Waals surface area contributed by atoms with Gasteiger partial charge in [-0.15, -0.1) is 0 Å². The van der Waals surface area contributed by atoms with E-state index in [0.29, 0.717) is 5.88 Å². The van der Waals surface area contributed by atoms with Gasteiger partial charge in [0.05, 0.1) is 22.2 Å². The number of hydrogen-bond donors (Lipinski definition) is 0. The molecular weight excluding hydrogens is 366 g/mol. The van der Waals surface area contributed by atoms with Crippen LogP contribution < -0.4 is 4.74 Å². The quantitative estimate of drug-likeness (QED) is 0.480. The predicted octanol–water partition coefficient (Wildman–Crippen LogP) is 5.36. The summed E-state index contributed by atoms with van der Waals surface area (Å²) in [6, 6.07) is 2.00. The summed E-state index contributed by atoms with van der Waals surface area (Å²) in [5.74, 6) is 2.31. The van der Waals surface area contributed by atoms with Crippen LogP contribution >= 0.6 is 15.9 Å². The number of ether oxygens (including phenoxy) is 1. The number of aliphatic imine (C=N–C) groups is 1. The minimum Gasteiger partial charge on any atom is -0.474 e. The maximum atomic E-state index is 6.18. The van der Waals surface area contributed by atoms with Crippen LogP contribution in [0.3, 0.4) is 0 Å². The van der Waals surface area contributed by atoms with Gasteiger partial charge in [0, 0.05) is 13.6 Å². The molecule has 1 saturated carbocycles. The van der Waals surface area contributed by atoms with Gasteiger partial charge in [-0.2, -0.15) is 0 Å². The molecule has 0 bridgehead atoms. The van der Waals surface area contributed by atoms with Gasteiger partial charge in [-0.05, 0) is 73.4 Å². The maximum Gasteiger partial charge on any atom is 0.228 e. The fraction of sp³-hybridized carbons (Fsp3) is 0.684. The molecule has 0 aromatic carbocycles. The Balaban J connectivity index is 2.02. The fourth-order valence-electron chi connectivity index (χ4n) is 3.04. The molecular formula is C19H30BrN3O. The molecule has 134 valence electrons.